The molecule has 0 aliphatic heterocycles. The van der Waals surface area contributed by atoms with E-state index in [1.54, 1.807) is 4.90 Å². The molecular weight excluding hydrogens is 274 g/mol. The monoisotopic (exact) mass is 289 g/mol. The first kappa shape index (κ1) is 15.0. The van der Waals surface area contributed by atoms with Gasteiger partial charge in [0.15, 0.2) is 0 Å². The highest BCUT2D eigenvalue weighted by Gasteiger charge is 2.15. The minimum Gasteiger partial charge on any atom is -0.339 e. The van der Waals surface area contributed by atoms with Crippen LogP contribution in [0.4, 0.5) is 0 Å². The summed E-state index contributed by atoms with van der Waals surface area (Å²) in [5, 5.41) is 0. The summed E-state index contributed by atoms with van der Waals surface area (Å²) >= 11 is 0. The van der Waals surface area contributed by atoms with Gasteiger partial charge in [0, 0.05) is 29.3 Å². The van der Waals surface area contributed by atoms with E-state index in [0.717, 1.165) is 6.42 Å². The van der Waals surface area contributed by atoms with Gasteiger partial charge in [-0.1, -0.05) is 6.92 Å². The average Bonchev–Trinajstić information content (AvgIpc) is 2.34. The van der Waals surface area contributed by atoms with Crippen molar-refractivity contribution in [3.63, 3.8) is 0 Å². The van der Waals surface area contributed by atoms with Crippen molar-refractivity contribution in [2.24, 2.45) is 0 Å². The molecular formula is C12H16ClNO3S. The first-order chi connectivity index (χ1) is 8.40. The molecule has 0 atom stereocenters. The number of halogens is 1. The van der Waals surface area contributed by atoms with Gasteiger partial charge in [-0.15, -0.1) is 0 Å². The molecule has 0 saturated heterocycles. The van der Waals surface area contributed by atoms with Crippen LogP contribution in [-0.2, 0) is 9.05 Å². The second kappa shape index (κ2) is 6.20. The van der Waals surface area contributed by atoms with Crippen LogP contribution in [0.25, 0.3) is 0 Å². The van der Waals surface area contributed by atoms with E-state index in [1.165, 1.54) is 24.3 Å². The first-order valence-electron chi connectivity index (χ1n) is 5.74. The maximum atomic E-state index is 12.1. The lowest BCUT2D eigenvalue weighted by Crippen LogP contribution is -2.31. The van der Waals surface area contributed by atoms with E-state index in [4.69, 9.17) is 10.7 Å². The molecule has 18 heavy (non-hydrogen) atoms. The van der Waals surface area contributed by atoms with E-state index in [9.17, 15) is 13.2 Å². The van der Waals surface area contributed by atoms with Crippen molar-refractivity contribution in [1.82, 2.24) is 4.90 Å². The second-order valence-electron chi connectivity index (χ2n) is 3.85. The minimum atomic E-state index is -3.73. The average molecular weight is 290 g/mol. The van der Waals surface area contributed by atoms with Crippen molar-refractivity contribution in [2.45, 2.75) is 25.2 Å². The highest BCUT2D eigenvalue weighted by Crippen LogP contribution is 2.16. The molecule has 1 amide bonds. The third kappa shape index (κ3) is 3.71. The van der Waals surface area contributed by atoms with Gasteiger partial charge in [-0.05, 0) is 37.6 Å². The van der Waals surface area contributed by atoms with Gasteiger partial charge in [-0.25, -0.2) is 8.42 Å². The maximum absolute atomic E-state index is 12.1. The predicted octanol–water partition coefficient (Wildman–Crippen LogP) is 2.49. The summed E-state index contributed by atoms with van der Waals surface area (Å²) in [7, 11) is 1.47. The molecule has 0 heterocycles. The van der Waals surface area contributed by atoms with E-state index in [0.29, 0.717) is 18.7 Å². The van der Waals surface area contributed by atoms with E-state index < -0.39 is 9.05 Å². The fourth-order valence-electron chi connectivity index (χ4n) is 1.62. The SMILES string of the molecule is CCCN(CC)C(=O)c1ccc(S(=O)(=O)Cl)cc1. The Morgan fingerprint density at radius 3 is 2.17 bits per heavy atom. The number of hydrogen-bond donors (Lipinski definition) is 0. The van der Waals surface area contributed by atoms with Crippen LogP contribution in [0.5, 0.6) is 0 Å². The number of nitrogens with zero attached hydrogens (tertiary/aromatic N) is 1. The molecule has 0 fully saturated rings. The molecule has 4 nitrogen and oxygen atoms in total. The summed E-state index contributed by atoms with van der Waals surface area (Å²) < 4.78 is 22.2. The highest BCUT2D eigenvalue weighted by molar-refractivity contribution is 8.13. The molecule has 0 bridgehead atoms. The Labute approximate surface area is 112 Å². The van der Waals surface area contributed by atoms with Gasteiger partial charge in [-0.3, -0.25) is 4.79 Å². The Balaban J connectivity index is 2.95. The van der Waals surface area contributed by atoms with Crippen LogP contribution in [0.3, 0.4) is 0 Å². The topological polar surface area (TPSA) is 54.5 Å². The lowest BCUT2D eigenvalue weighted by molar-refractivity contribution is 0.0764. The van der Waals surface area contributed by atoms with Gasteiger partial charge in [0.05, 0.1) is 4.90 Å². The molecule has 0 radical (unpaired) electrons. The number of benzene rings is 1. The molecule has 0 aliphatic carbocycles. The zero-order chi connectivity index (χ0) is 13.8. The summed E-state index contributed by atoms with van der Waals surface area (Å²) in [4.78, 5) is 13.8. The summed E-state index contributed by atoms with van der Waals surface area (Å²) in [6, 6.07) is 5.65. The van der Waals surface area contributed by atoms with Crippen LogP contribution in [0, 0.1) is 0 Å². The number of hydrogen-bond acceptors (Lipinski definition) is 3. The van der Waals surface area contributed by atoms with E-state index in [2.05, 4.69) is 0 Å². The second-order valence-corrected chi connectivity index (χ2v) is 6.41. The van der Waals surface area contributed by atoms with Crippen LogP contribution < -0.4 is 0 Å². The van der Waals surface area contributed by atoms with Gasteiger partial charge >= 0.3 is 0 Å². The van der Waals surface area contributed by atoms with Gasteiger partial charge in [0.2, 0.25) is 0 Å². The molecule has 0 spiro atoms. The first-order valence-corrected chi connectivity index (χ1v) is 8.05. The van der Waals surface area contributed by atoms with Gasteiger partial charge < -0.3 is 4.90 Å². The Hall–Kier alpha value is -1.07. The van der Waals surface area contributed by atoms with Gasteiger partial charge in [0.1, 0.15) is 0 Å². The molecule has 0 saturated carbocycles. The lowest BCUT2D eigenvalue weighted by atomic mass is 10.2. The minimum absolute atomic E-state index is 0.000688. The summed E-state index contributed by atoms with van der Waals surface area (Å²) in [5.41, 5.74) is 0.467. The van der Waals surface area contributed by atoms with Crippen molar-refractivity contribution in [2.75, 3.05) is 13.1 Å². The maximum Gasteiger partial charge on any atom is 0.261 e. The van der Waals surface area contributed by atoms with E-state index in [1.807, 2.05) is 13.8 Å². The Bertz CT molecular complexity index is 511. The molecule has 0 unspecified atom stereocenters. The van der Waals surface area contributed by atoms with Crippen molar-refractivity contribution in [3.8, 4) is 0 Å². The number of rotatable bonds is 5. The zero-order valence-electron chi connectivity index (χ0n) is 10.4. The smallest absolute Gasteiger partial charge is 0.261 e. The lowest BCUT2D eigenvalue weighted by Gasteiger charge is -2.20. The molecule has 0 aromatic heterocycles. The van der Waals surface area contributed by atoms with Crippen LogP contribution in [0.2, 0.25) is 0 Å². The Morgan fingerprint density at radius 1 is 1.22 bits per heavy atom. The predicted molar refractivity (Wildman–Crippen MR) is 71.3 cm³/mol. The third-order valence-electron chi connectivity index (χ3n) is 2.55. The zero-order valence-corrected chi connectivity index (χ0v) is 12.0. The van der Waals surface area contributed by atoms with Gasteiger partial charge in [-0.2, -0.15) is 0 Å². The normalized spacial score (nSPS) is 11.3. The quantitative estimate of drug-likeness (QED) is 0.783. The Morgan fingerprint density at radius 2 is 1.78 bits per heavy atom. The highest BCUT2D eigenvalue weighted by atomic mass is 35.7. The fourth-order valence-corrected chi connectivity index (χ4v) is 2.39. The van der Waals surface area contributed by atoms with Crippen LogP contribution >= 0.6 is 10.7 Å². The van der Waals surface area contributed by atoms with Gasteiger partial charge in [0.25, 0.3) is 15.0 Å². The molecule has 0 N–H and O–H groups in total. The van der Waals surface area contributed by atoms with Crippen LogP contribution in [-0.4, -0.2) is 32.3 Å². The van der Waals surface area contributed by atoms with Crippen molar-refractivity contribution < 1.29 is 13.2 Å². The van der Waals surface area contributed by atoms with E-state index in [-0.39, 0.29) is 10.8 Å². The fraction of sp³-hybridized carbons (Fsp3) is 0.417. The number of carbonyl (C=O) groups is 1. The molecule has 6 heteroatoms. The van der Waals surface area contributed by atoms with Crippen LogP contribution in [0.15, 0.2) is 29.2 Å². The standard InChI is InChI=1S/C12H16ClNO3S/c1-3-9-14(4-2)12(15)10-5-7-11(8-6-10)18(13,16)17/h5-8H,3-4,9H2,1-2H3. The van der Waals surface area contributed by atoms with Crippen LogP contribution in [0.1, 0.15) is 30.6 Å². The van der Waals surface area contributed by atoms with E-state index >= 15 is 0 Å². The third-order valence-corrected chi connectivity index (χ3v) is 3.92. The summed E-state index contributed by atoms with van der Waals surface area (Å²) in [6.07, 6.45) is 0.883. The van der Waals surface area contributed by atoms with Crippen molar-refractivity contribution >= 4 is 25.6 Å². The molecule has 100 valence electrons. The molecule has 1 aromatic carbocycles. The summed E-state index contributed by atoms with van der Waals surface area (Å²) in [5.74, 6) is -0.0992. The summed E-state index contributed by atoms with van der Waals surface area (Å²) in [6.45, 7) is 5.22. The Kier molecular flexibility index (Phi) is 5.16. The molecule has 0 aliphatic rings. The van der Waals surface area contributed by atoms with Crippen molar-refractivity contribution in [1.29, 1.82) is 0 Å². The molecule has 1 aromatic rings. The molecule has 1 rings (SSSR count). The van der Waals surface area contributed by atoms with Crippen molar-refractivity contribution in [3.05, 3.63) is 29.8 Å². The number of carbonyl (C=O) groups excluding carboxylic acids is 1. The largest absolute Gasteiger partial charge is 0.339 e. The number of amides is 1.